The van der Waals surface area contributed by atoms with Crippen LogP contribution < -0.4 is 24.8 Å². The summed E-state index contributed by atoms with van der Waals surface area (Å²) in [5, 5.41) is 7.05. The number of amides is 1. The number of ether oxygens (including phenoxy) is 3. The van der Waals surface area contributed by atoms with Gasteiger partial charge in [-0.05, 0) is 90.3 Å². The van der Waals surface area contributed by atoms with Crippen LogP contribution in [-0.4, -0.2) is 28.0 Å². The molecule has 4 aromatic carbocycles. The smallest absolute Gasteiger partial charge is 0.255 e. The number of carbonyl (C=O) groups is 1. The summed E-state index contributed by atoms with van der Waals surface area (Å²) in [6, 6.07) is 33.7. The summed E-state index contributed by atoms with van der Waals surface area (Å²) in [4.78, 5) is 26.9. The van der Waals surface area contributed by atoms with E-state index in [9.17, 15) is 4.79 Å². The van der Waals surface area contributed by atoms with Crippen LogP contribution in [0.4, 0.5) is 17.2 Å². The minimum absolute atomic E-state index is 0.256. The van der Waals surface area contributed by atoms with Crippen molar-refractivity contribution in [1.82, 2.24) is 15.0 Å². The largest absolute Gasteiger partial charge is 0.497 e. The molecule has 0 fully saturated rings. The minimum Gasteiger partial charge on any atom is -0.497 e. The predicted octanol–water partition coefficient (Wildman–Crippen LogP) is 8.52. The van der Waals surface area contributed by atoms with Gasteiger partial charge < -0.3 is 24.8 Å². The van der Waals surface area contributed by atoms with Crippen LogP contribution in [0.15, 0.2) is 116 Å². The van der Waals surface area contributed by atoms with Crippen molar-refractivity contribution in [2.75, 3.05) is 17.7 Å². The summed E-state index contributed by atoms with van der Waals surface area (Å²) < 4.78 is 17.5. The lowest BCUT2D eigenvalue weighted by atomic mass is 10.1. The molecule has 9 heteroatoms. The summed E-state index contributed by atoms with van der Waals surface area (Å²) in [7, 11) is 1.60. The number of rotatable bonds is 11. The Morgan fingerprint density at radius 3 is 2.28 bits per heavy atom. The third-order valence-electron chi connectivity index (χ3n) is 7.25. The molecule has 6 aromatic rings. The fraction of sp³-hybridized carbons (Fsp3) is 0.135. The molecule has 9 nitrogen and oxygen atoms in total. The Bertz CT molecular complexity index is 1950. The van der Waals surface area contributed by atoms with Crippen LogP contribution in [0, 0.1) is 0 Å². The highest BCUT2D eigenvalue weighted by Gasteiger charge is 2.15. The Balaban J connectivity index is 1.27. The monoisotopic (exact) mass is 611 g/mol. The van der Waals surface area contributed by atoms with Crippen molar-refractivity contribution in [3.8, 4) is 23.0 Å². The summed E-state index contributed by atoms with van der Waals surface area (Å²) >= 11 is 0. The Kier molecular flexibility index (Phi) is 9.01. The van der Waals surface area contributed by atoms with E-state index in [4.69, 9.17) is 19.2 Å². The number of fused-ring (bicyclic) bond motifs is 1. The molecule has 2 heterocycles. The second kappa shape index (κ2) is 13.8. The second-order valence-corrected chi connectivity index (χ2v) is 10.9. The second-order valence-electron chi connectivity index (χ2n) is 10.9. The first kappa shape index (κ1) is 30.1. The van der Waals surface area contributed by atoms with E-state index < -0.39 is 0 Å². The average molecular weight is 612 g/mol. The zero-order valence-corrected chi connectivity index (χ0v) is 25.7. The van der Waals surface area contributed by atoms with Crippen LogP contribution in [0.25, 0.3) is 11.0 Å². The van der Waals surface area contributed by atoms with Gasteiger partial charge in [0.1, 0.15) is 36.0 Å². The van der Waals surface area contributed by atoms with Gasteiger partial charge in [0.2, 0.25) is 0 Å². The molecule has 0 unspecified atom stereocenters. The lowest BCUT2D eigenvalue weighted by Crippen LogP contribution is -2.12. The average Bonchev–Trinajstić information content (AvgIpc) is 3.09. The van der Waals surface area contributed by atoms with Crippen molar-refractivity contribution in [2.45, 2.75) is 26.4 Å². The molecule has 0 atom stereocenters. The highest BCUT2D eigenvalue weighted by molar-refractivity contribution is 6.05. The van der Waals surface area contributed by atoms with E-state index in [1.54, 1.807) is 49.6 Å². The zero-order valence-electron chi connectivity index (χ0n) is 25.7. The lowest BCUT2D eigenvalue weighted by Gasteiger charge is -2.16. The summed E-state index contributed by atoms with van der Waals surface area (Å²) in [6.07, 6.45) is 1.47. The first-order valence-electron chi connectivity index (χ1n) is 14.9. The van der Waals surface area contributed by atoms with Crippen molar-refractivity contribution in [3.63, 3.8) is 0 Å². The van der Waals surface area contributed by atoms with Crippen LogP contribution in [0.5, 0.6) is 23.0 Å². The van der Waals surface area contributed by atoms with Gasteiger partial charge in [-0.2, -0.15) is 0 Å². The Morgan fingerprint density at radius 2 is 1.54 bits per heavy atom. The van der Waals surface area contributed by atoms with E-state index in [1.807, 2.05) is 66.7 Å². The van der Waals surface area contributed by atoms with Crippen LogP contribution in [-0.2, 0) is 6.61 Å². The number of aromatic nitrogens is 3. The maximum Gasteiger partial charge on any atom is 0.255 e. The molecule has 0 aliphatic carbocycles. The third kappa shape index (κ3) is 7.22. The molecule has 230 valence electrons. The molecular weight excluding hydrogens is 578 g/mol. The van der Waals surface area contributed by atoms with Crippen molar-refractivity contribution in [2.24, 2.45) is 0 Å². The third-order valence-corrected chi connectivity index (χ3v) is 7.25. The number of pyridine rings is 1. The van der Waals surface area contributed by atoms with Crippen LogP contribution >= 0.6 is 0 Å². The SMILES string of the molecule is COc1ccc(NC(=O)c2ccc(Oc3ccc(OCc4ccccc4)cc3)c(Nc3ncnc4nc(C(C)C)ccc34)c2)cc1. The van der Waals surface area contributed by atoms with E-state index in [0.29, 0.717) is 52.3 Å². The number of benzene rings is 4. The van der Waals surface area contributed by atoms with Gasteiger partial charge in [0, 0.05) is 16.9 Å². The van der Waals surface area contributed by atoms with Gasteiger partial charge in [-0.1, -0.05) is 44.2 Å². The summed E-state index contributed by atoms with van der Waals surface area (Å²) in [5.74, 6) is 3.03. The van der Waals surface area contributed by atoms with Crippen molar-refractivity contribution >= 4 is 34.1 Å². The van der Waals surface area contributed by atoms with E-state index >= 15 is 0 Å². The van der Waals surface area contributed by atoms with Gasteiger partial charge in [-0.15, -0.1) is 0 Å². The molecule has 0 saturated carbocycles. The van der Waals surface area contributed by atoms with Gasteiger partial charge in [0.15, 0.2) is 11.4 Å². The van der Waals surface area contributed by atoms with Gasteiger partial charge in [0.25, 0.3) is 5.91 Å². The molecule has 0 saturated heterocycles. The lowest BCUT2D eigenvalue weighted by molar-refractivity contribution is 0.102. The highest BCUT2D eigenvalue weighted by atomic mass is 16.5. The number of hydrogen-bond donors (Lipinski definition) is 2. The Labute approximate surface area is 267 Å². The number of carbonyl (C=O) groups excluding carboxylic acids is 1. The summed E-state index contributed by atoms with van der Waals surface area (Å²) in [5.41, 5.74) is 4.21. The standard InChI is InChI=1S/C37H33N5O4/c1-24(2)32-19-18-31-35(41-32)38-23-39-36(31)42-33-21-26(37(43)40-27-10-12-28(44-3)13-11-27)9-20-34(33)46-30-16-14-29(15-17-30)45-22-25-7-5-4-6-8-25/h4-21,23-24H,22H2,1-3H3,(H,40,43)(H,38,39,41,42). The highest BCUT2D eigenvalue weighted by Crippen LogP contribution is 2.35. The van der Waals surface area contributed by atoms with Crippen molar-refractivity contribution in [1.29, 1.82) is 0 Å². The maximum absolute atomic E-state index is 13.3. The normalized spacial score (nSPS) is 10.9. The van der Waals surface area contributed by atoms with E-state index in [0.717, 1.165) is 22.4 Å². The fourth-order valence-electron chi connectivity index (χ4n) is 4.71. The topological polar surface area (TPSA) is 107 Å². The molecule has 6 rings (SSSR count). The maximum atomic E-state index is 13.3. The molecule has 0 bridgehead atoms. The molecule has 2 N–H and O–H groups in total. The number of nitrogens with zero attached hydrogens (tertiary/aromatic N) is 3. The molecule has 0 aliphatic rings. The van der Waals surface area contributed by atoms with Gasteiger partial charge in [0.05, 0.1) is 18.2 Å². The number of methoxy groups -OCH3 is 1. The fourth-order valence-corrected chi connectivity index (χ4v) is 4.71. The molecular formula is C37H33N5O4. The van der Waals surface area contributed by atoms with Gasteiger partial charge in [-0.3, -0.25) is 4.79 Å². The summed E-state index contributed by atoms with van der Waals surface area (Å²) in [6.45, 7) is 4.64. The molecule has 2 aromatic heterocycles. The number of nitrogens with one attached hydrogen (secondary N) is 2. The molecule has 0 aliphatic heterocycles. The number of anilines is 3. The first-order chi connectivity index (χ1) is 22.4. The predicted molar refractivity (Wildman–Crippen MR) is 179 cm³/mol. The number of hydrogen-bond acceptors (Lipinski definition) is 8. The zero-order chi connectivity index (χ0) is 31.9. The van der Waals surface area contributed by atoms with Crippen LogP contribution in [0.3, 0.4) is 0 Å². The molecule has 46 heavy (non-hydrogen) atoms. The molecule has 0 radical (unpaired) electrons. The first-order valence-corrected chi connectivity index (χ1v) is 14.9. The van der Waals surface area contributed by atoms with E-state index in [2.05, 4.69) is 34.4 Å². The van der Waals surface area contributed by atoms with E-state index in [-0.39, 0.29) is 11.8 Å². The van der Waals surface area contributed by atoms with Crippen molar-refractivity contribution in [3.05, 3.63) is 132 Å². The quantitative estimate of drug-likeness (QED) is 0.150. The molecule has 0 spiro atoms. The Morgan fingerprint density at radius 1 is 0.804 bits per heavy atom. The Hall–Kier alpha value is -5.96. The van der Waals surface area contributed by atoms with E-state index in [1.165, 1.54) is 6.33 Å². The van der Waals surface area contributed by atoms with Crippen molar-refractivity contribution < 1.29 is 19.0 Å². The van der Waals surface area contributed by atoms with Crippen LogP contribution in [0.2, 0.25) is 0 Å². The van der Waals surface area contributed by atoms with Gasteiger partial charge in [-0.25, -0.2) is 15.0 Å². The van der Waals surface area contributed by atoms with Crippen LogP contribution in [0.1, 0.15) is 41.4 Å². The van der Waals surface area contributed by atoms with Gasteiger partial charge >= 0.3 is 0 Å². The minimum atomic E-state index is -0.282. The molecule has 1 amide bonds.